The molecule has 2 fully saturated rings. The first kappa shape index (κ1) is 28.4. The lowest BCUT2D eigenvalue weighted by Gasteiger charge is -2.45. The fraction of sp³-hybridized carbons (Fsp3) is 0.484. The van der Waals surface area contributed by atoms with Crippen molar-refractivity contribution in [1.82, 2.24) is 20.4 Å². The van der Waals surface area contributed by atoms with Crippen molar-refractivity contribution >= 4 is 23.8 Å². The van der Waals surface area contributed by atoms with Gasteiger partial charge in [0.2, 0.25) is 5.54 Å². The summed E-state index contributed by atoms with van der Waals surface area (Å²) in [6, 6.07) is 4.62. The number of ether oxygens (including phenoxy) is 2. The van der Waals surface area contributed by atoms with Gasteiger partial charge in [-0.3, -0.25) is 19.7 Å². The highest BCUT2D eigenvalue weighted by atomic mass is 16.5. The molecule has 216 valence electrons. The lowest BCUT2D eigenvalue weighted by molar-refractivity contribution is -0.160. The molecule has 1 aliphatic carbocycles. The Bertz CT molecular complexity index is 1400. The number of allylic oxidation sites excluding steroid dienone is 4. The molecule has 1 aromatic rings. The number of rotatable bonds is 6. The van der Waals surface area contributed by atoms with Gasteiger partial charge in [0, 0.05) is 17.7 Å². The summed E-state index contributed by atoms with van der Waals surface area (Å²) in [7, 11) is 2.98. The van der Waals surface area contributed by atoms with Gasteiger partial charge >= 0.3 is 12.0 Å². The summed E-state index contributed by atoms with van der Waals surface area (Å²) in [5, 5.41) is 4.93. The number of benzene rings is 1. The fourth-order valence-corrected chi connectivity index (χ4v) is 6.53. The first-order valence-corrected chi connectivity index (χ1v) is 14.0. The van der Waals surface area contributed by atoms with Gasteiger partial charge < -0.3 is 24.6 Å². The zero-order valence-corrected chi connectivity index (χ0v) is 23.9. The third-order valence-electron chi connectivity index (χ3n) is 8.90. The van der Waals surface area contributed by atoms with Gasteiger partial charge in [-0.1, -0.05) is 50.0 Å². The Balaban J connectivity index is 1.38. The van der Waals surface area contributed by atoms with Crippen LogP contribution < -0.4 is 15.4 Å². The summed E-state index contributed by atoms with van der Waals surface area (Å²) in [6.45, 7) is 6.98. The molecule has 0 spiro atoms. The number of imide groups is 1. The van der Waals surface area contributed by atoms with Crippen LogP contribution >= 0.6 is 0 Å². The summed E-state index contributed by atoms with van der Waals surface area (Å²) in [5.74, 6) is 5.51. The zero-order valence-electron chi connectivity index (χ0n) is 23.9. The zero-order chi connectivity index (χ0) is 29.4. The molecule has 0 radical (unpaired) electrons. The number of carbonyl (C=O) groups is 4. The topological polar surface area (TPSA) is 117 Å². The van der Waals surface area contributed by atoms with Crippen molar-refractivity contribution < 1.29 is 28.7 Å². The average molecular weight is 561 g/mol. The quantitative estimate of drug-likeness (QED) is 0.311. The van der Waals surface area contributed by atoms with Crippen molar-refractivity contribution in [2.45, 2.75) is 38.8 Å². The van der Waals surface area contributed by atoms with E-state index in [0.717, 1.165) is 38.0 Å². The minimum Gasteiger partial charge on any atom is -0.497 e. The highest BCUT2D eigenvalue weighted by molar-refractivity contribution is 6.10. The maximum atomic E-state index is 13.2. The van der Waals surface area contributed by atoms with Crippen molar-refractivity contribution in [3.05, 3.63) is 53.1 Å². The predicted octanol–water partition coefficient (Wildman–Crippen LogP) is 2.26. The number of hydrogen-bond donors (Lipinski definition) is 2. The van der Waals surface area contributed by atoms with E-state index in [9.17, 15) is 19.2 Å². The number of nitrogens with one attached hydrogen (secondary N) is 2. The molecule has 3 heterocycles. The molecule has 5 rings (SSSR count). The van der Waals surface area contributed by atoms with Crippen LogP contribution in [0.15, 0.2) is 42.0 Å². The number of esters is 1. The van der Waals surface area contributed by atoms with E-state index in [4.69, 9.17) is 9.47 Å². The molecule has 4 amide bonds. The van der Waals surface area contributed by atoms with Crippen LogP contribution in [0.2, 0.25) is 0 Å². The normalized spacial score (nSPS) is 26.9. The maximum absolute atomic E-state index is 13.2. The highest BCUT2D eigenvalue weighted by Gasteiger charge is 2.50. The van der Waals surface area contributed by atoms with Crippen LogP contribution in [-0.2, 0) is 20.9 Å². The molecule has 2 N–H and O–H groups in total. The van der Waals surface area contributed by atoms with Crippen molar-refractivity contribution in [2.75, 3.05) is 40.4 Å². The standard InChI is InChI=1S/C31H36N4O6/c1-5-34-14-12-30(13-15-34,28(38)41-4)25-9-6-21(16-20(25)2)10-11-31(27(37)32-29(39)33-31)19-35-18-22-7-8-23(40-3)17-24(22)26(35)36/h6-9,16-17,20,25H,5,12-15,18-19H2,1-4H3,(H2,32,33,37,39). The van der Waals surface area contributed by atoms with Gasteiger partial charge in [-0.25, -0.2) is 4.79 Å². The fourth-order valence-electron chi connectivity index (χ4n) is 6.53. The molecule has 3 unspecified atom stereocenters. The van der Waals surface area contributed by atoms with Gasteiger partial charge in [0.25, 0.3) is 11.8 Å². The molecule has 0 saturated carbocycles. The largest absolute Gasteiger partial charge is 0.497 e. The van der Waals surface area contributed by atoms with Crippen molar-refractivity contribution in [1.29, 1.82) is 0 Å². The molecule has 4 aliphatic rings. The number of carbonyl (C=O) groups excluding carboxylic acids is 4. The van der Waals surface area contributed by atoms with Crippen LogP contribution in [0, 0.1) is 29.1 Å². The number of likely N-dealkylation sites (tertiary alicyclic amines) is 1. The van der Waals surface area contributed by atoms with E-state index >= 15 is 0 Å². The smallest absolute Gasteiger partial charge is 0.323 e. The molecule has 3 atom stereocenters. The second-order valence-corrected chi connectivity index (χ2v) is 11.2. The minimum absolute atomic E-state index is 0.0100. The van der Waals surface area contributed by atoms with Crippen molar-refractivity contribution in [3.63, 3.8) is 0 Å². The van der Waals surface area contributed by atoms with Gasteiger partial charge in [-0.15, -0.1) is 0 Å². The van der Waals surface area contributed by atoms with Gasteiger partial charge in [0.05, 0.1) is 26.2 Å². The summed E-state index contributed by atoms with van der Waals surface area (Å²) < 4.78 is 10.5. The average Bonchev–Trinajstić information content (AvgIpc) is 3.44. The Kier molecular flexibility index (Phi) is 7.66. The van der Waals surface area contributed by atoms with Crippen molar-refractivity contribution in [2.24, 2.45) is 17.3 Å². The Hall–Kier alpha value is -4.10. The Morgan fingerprint density at radius 1 is 1.17 bits per heavy atom. The molecule has 1 aromatic carbocycles. The second kappa shape index (κ2) is 11.1. The number of amides is 4. The highest BCUT2D eigenvalue weighted by Crippen LogP contribution is 2.46. The number of fused-ring (bicyclic) bond motifs is 1. The third-order valence-corrected chi connectivity index (χ3v) is 8.90. The summed E-state index contributed by atoms with van der Waals surface area (Å²) >= 11 is 0. The second-order valence-electron chi connectivity index (χ2n) is 11.2. The van der Waals surface area contributed by atoms with E-state index < -0.39 is 22.9 Å². The molecule has 10 heteroatoms. The molecule has 0 bridgehead atoms. The number of urea groups is 1. The number of hydrogen-bond acceptors (Lipinski definition) is 7. The van der Waals surface area contributed by atoms with E-state index in [-0.39, 0.29) is 36.8 Å². The third kappa shape index (κ3) is 5.10. The van der Waals surface area contributed by atoms with E-state index in [1.165, 1.54) is 19.1 Å². The molecular weight excluding hydrogens is 524 g/mol. The monoisotopic (exact) mass is 560 g/mol. The van der Waals surface area contributed by atoms with Crippen LogP contribution in [-0.4, -0.2) is 79.6 Å². The first-order valence-electron chi connectivity index (χ1n) is 14.0. The van der Waals surface area contributed by atoms with E-state index in [1.807, 2.05) is 24.3 Å². The van der Waals surface area contributed by atoms with Crippen LogP contribution in [0.4, 0.5) is 4.79 Å². The van der Waals surface area contributed by atoms with Gasteiger partial charge in [0.1, 0.15) is 5.75 Å². The lowest BCUT2D eigenvalue weighted by Crippen LogP contribution is -2.54. The first-order chi connectivity index (χ1) is 19.6. The van der Waals surface area contributed by atoms with Crippen molar-refractivity contribution in [3.8, 4) is 17.6 Å². The Labute approximate surface area is 240 Å². The SMILES string of the molecule is CCN1CCC(C(=O)OC)(C2C=CC(C#CC3(CN4Cc5ccc(OC)cc5C4=O)NC(=O)NC3=O)=CC2C)CC1. The van der Waals surface area contributed by atoms with E-state index in [0.29, 0.717) is 16.9 Å². The lowest BCUT2D eigenvalue weighted by atomic mass is 9.63. The minimum atomic E-state index is -1.60. The molecular formula is C31H36N4O6. The summed E-state index contributed by atoms with van der Waals surface area (Å²) in [4.78, 5) is 55.3. The van der Waals surface area contributed by atoms with Gasteiger partial charge in [0.15, 0.2) is 0 Å². The van der Waals surface area contributed by atoms with Gasteiger partial charge in [-0.2, -0.15) is 0 Å². The maximum Gasteiger partial charge on any atom is 0.323 e. The molecule has 10 nitrogen and oxygen atoms in total. The predicted molar refractivity (Wildman–Crippen MR) is 151 cm³/mol. The van der Waals surface area contributed by atoms with Crippen LogP contribution in [0.3, 0.4) is 0 Å². The number of piperidine rings is 1. The summed E-state index contributed by atoms with van der Waals surface area (Å²) in [6.07, 6.45) is 7.34. The molecule has 41 heavy (non-hydrogen) atoms. The molecule has 2 saturated heterocycles. The summed E-state index contributed by atoms with van der Waals surface area (Å²) in [5.41, 5.74) is -0.229. The molecule has 0 aromatic heterocycles. The number of methoxy groups -OCH3 is 2. The van der Waals surface area contributed by atoms with E-state index in [2.05, 4.69) is 41.2 Å². The van der Waals surface area contributed by atoms with E-state index in [1.54, 1.807) is 12.1 Å². The van der Waals surface area contributed by atoms with Crippen LogP contribution in [0.25, 0.3) is 0 Å². The van der Waals surface area contributed by atoms with Crippen LogP contribution in [0.1, 0.15) is 42.6 Å². The Morgan fingerprint density at radius 2 is 1.93 bits per heavy atom. The number of nitrogens with zero attached hydrogens (tertiary/aromatic N) is 2. The Morgan fingerprint density at radius 3 is 2.54 bits per heavy atom. The van der Waals surface area contributed by atoms with Gasteiger partial charge in [-0.05, 0) is 62.0 Å². The van der Waals surface area contributed by atoms with Crippen LogP contribution in [0.5, 0.6) is 5.75 Å². The molecule has 3 aliphatic heterocycles.